The molecule has 0 amide bonds. The second kappa shape index (κ2) is 10.0. The smallest absolute Gasteiger partial charge is 0.310 e. The number of alkyl halides is 2. The molecule has 2 heterocycles. The van der Waals surface area contributed by atoms with E-state index in [1.807, 2.05) is 37.3 Å². The quantitative estimate of drug-likeness (QED) is 0.391. The van der Waals surface area contributed by atoms with Gasteiger partial charge in [0.1, 0.15) is 30.9 Å². The molecule has 33 heavy (non-hydrogen) atoms. The molecule has 8 heteroatoms. The van der Waals surface area contributed by atoms with Crippen LogP contribution in [-0.2, 0) is 27.3 Å². The van der Waals surface area contributed by atoms with Crippen molar-refractivity contribution in [3.8, 4) is 5.75 Å². The largest absolute Gasteiger partial charge is 0.490 e. The van der Waals surface area contributed by atoms with Crippen molar-refractivity contribution >= 4 is 11.7 Å². The maximum atomic E-state index is 15.0. The molecule has 0 N–H and O–H groups in total. The first-order valence-electron chi connectivity index (χ1n) is 11.3. The minimum atomic E-state index is -2.73. The first-order valence-corrected chi connectivity index (χ1v) is 11.3. The van der Waals surface area contributed by atoms with Crippen LogP contribution in [0.25, 0.3) is 0 Å². The van der Waals surface area contributed by atoms with Crippen LogP contribution in [0.3, 0.4) is 0 Å². The predicted molar refractivity (Wildman–Crippen MR) is 117 cm³/mol. The van der Waals surface area contributed by atoms with Crippen LogP contribution in [0.5, 0.6) is 5.75 Å². The second-order valence-electron chi connectivity index (χ2n) is 8.51. The molecule has 0 aromatic heterocycles. The zero-order valence-electron chi connectivity index (χ0n) is 18.6. The van der Waals surface area contributed by atoms with E-state index in [9.17, 15) is 18.0 Å². The first-order chi connectivity index (χ1) is 15.8. The van der Waals surface area contributed by atoms with E-state index in [1.54, 1.807) is 4.90 Å². The lowest BCUT2D eigenvalue weighted by atomic mass is 10.0. The second-order valence-corrected chi connectivity index (χ2v) is 8.51. The van der Waals surface area contributed by atoms with E-state index in [2.05, 4.69) is 0 Å². The number of carbonyl (C=O) groups is 1. The standard InChI is InChI=1S/C25H28F3NO4/c1-2-21-23(33-21)16-31-22-14-20(29-10-8-25(27,28)9-11-29)19(26)12-18(22)13-24(30)32-15-17-6-4-3-5-7-17/h3-7,12,14,21,23H,2,8-11,13,15-16H2,1H3/t21-,23+/m0/s1. The fourth-order valence-corrected chi connectivity index (χ4v) is 3.97. The third-order valence-electron chi connectivity index (χ3n) is 6.04. The molecule has 0 spiro atoms. The van der Waals surface area contributed by atoms with Crippen LogP contribution in [0.1, 0.15) is 37.3 Å². The molecule has 2 saturated heterocycles. The van der Waals surface area contributed by atoms with Gasteiger partial charge in [-0.25, -0.2) is 13.2 Å². The molecule has 2 atom stereocenters. The fraction of sp³-hybridized carbons (Fsp3) is 0.480. The topological polar surface area (TPSA) is 51.3 Å². The van der Waals surface area contributed by atoms with Crippen molar-refractivity contribution in [1.29, 1.82) is 0 Å². The van der Waals surface area contributed by atoms with Gasteiger partial charge in [-0.15, -0.1) is 0 Å². The number of hydrogen-bond acceptors (Lipinski definition) is 5. The van der Waals surface area contributed by atoms with Gasteiger partial charge in [0, 0.05) is 37.6 Å². The maximum Gasteiger partial charge on any atom is 0.310 e. The van der Waals surface area contributed by atoms with E-state index in [-0.39, 0.29) is 63.5 Å². The number of rotatable bonds is 9. The number of anilines is 1. The van der Waals surface area contributed by atoms with Gasteiger partial charge in [0.15, 0.2) is 0 Å². The van der Waals surface area contributed by atoms with E-state index in [0.29, 0.717) is 11.3 Å². The van der Waals surface area contributed by atoms with Crippen LogP contribution in [-0.4, -0.2) is 43.8 Å². The van der Waals surface area contributed by atoms with Crippen molar-refractivity contribution in [2.24, 2.45) is 0 Å². The van der Waals surface area contributed by atoms with Gasteiger partial charge >= 0.3 is 5.97 Å². The molecule has 2 aromatic rings. The summed E-state index contributed by atoms with van der Waals surface area (Å²) in [5.41, 5.74) is 1.40. The number of nitrogens with zero attached hydrogens (tertiary/aromatic N) is 1. The van der Waals surface area contributed by atoms with Crippen LogP contribution in [0.15, 0.2) is 42.5 Å². The number of ether oxygens (including phenoxy) is 3. The minimum Gasteiger partial charge on any atom is -0.490 e. The fourth-order valence-electron chi connectivity index (χ4n) is 3.97. The van der Waals surface area contributed by atoms with Gasteiger partial charge in [-0.3, -0.25) is 4.79 Å². The average Bonchev–Trinajstić information content (AvgIpc) is 3.57. The van der Waals surface area contributed by atoms with Gasteiger partial charge in [0.25, 0.3) is 5.92 Å². The summed E-state index contributed by atoms with van der Waals surface area (Å²) < 4.78 is 58.8. The zero-order chi connectivity index (χ0) is 23.4. The summed E-state index contributed by atoms with van der Waals surface area (Å²) in [5.74, 6) is -3.48. The Labute approximate surface area is 191 Å². The number of piperidine rings is 1. The van der Waals surface area contributed by atoms with E-state index < -0.39 is 17.7 Å². The number of esters is 1. The molecule has 0 unspecified atom stereocenters. The number of halogens is 3. The third-order valence-corrected chi connectivity index (χ3v) is 6.04. The molecular formula is C25H28F3NO4. The maximum absolute atomic E-state index is 15.0. The highest BCUT2D eigenvalue weighted by atomic mass is 19.3. The lowest BCUT2D eigenvalue weighted by molar-refractivity contribution is -0.144. The zero-order valence-corrected chi connectivity index (χ0v) is 18.6. The van der Waals surface area contributed by atoms with E-state index in [0.717, 1.165) is 12.0 Å². The highest BCUT2D eigenvalue weighted by molar-refractivity contribution is 5.74. The van der Waals surface area contributed by atoms with Crippen LogP contribution >= 0.6 is 0 Å². The molecule has 4 rings (SSSR count). The summed E-state index contributed by atoms with van der Waals surface area (Å²) in [4.78, 5) is 14.0. The minimum absolute atomic E-state index is 0.0462. The van der Waals surface area contributed by atoms with Crippen molar-refractivity contribution < 1.29 is 32.2 Å². The Hall–Kier alpha value is -2.74. The van der Waals surface area contributed by atoms with Crippen LogP contribution in [0, 0.1) is 5.82 Å². The number of benzene rings is 2. The molecule has 0 aliphatic carbocycles. The van der Waals surface area contributed by atoms with Gasteiger partial charge in [-0.05, 0) is 18.1 Å². The van der Waals surface area contributed by atoms with Crippen molar-refractivity contribution in [3.05, 3.63) is 59.4 Å². The van der Waals surface area contributed by atoms with Crippen LogP contribution in [0.4, 0.5) is 18.9 Å². The summed E-state index contributed by atoms with van der Waals surface area (Å²) in [7, 11) is 0. The van der Waals surface area contributed by atoms with E-state index in [1.165, 1.54) is 12.1 Å². The Morgan fingerprint density at radius 2 is 1.88 bits per heavy atom. The molecule has 0 saturated carbocycles. The molecular weight excluding hydrogens is 435 g/mol. The molecule has 2 aliphatic heterocycles. The lowest BCUT2D eigenvalue weighted by Gasteiger charge is -2.34. The lowest BCUT2D eigenvalue weighted by Crippen LogP contribution is -2.39. The van der Waals surface area contributed by atoms with Crippen molar-refractivity contribution in [2.75, 3.05) is 24.6 Å². The SMILES string of the molecule is CC[C@@H]1O[C@@H]1COc1cc(N2CCC(F)(F)CC2)c(F)cc1CC(=O)OCc1ccccc1. The molecule has 2 aliphatic rings. The Morgan fingerprint density at radius 3 is 2.55 bits per heavy atom. The van der Waals surface area contributed by atoms with Gasteiger partial charge in [-0.1, -0.05) is 37.3 Å². The summed E-state index contributed by atoms with van der Waals surface area (Å²) in [6, 6.07) is 12.0. The average molecular weight is 463 g/mol. The number of epoxide rings is 1. The van der Waals surface area contributed by atoms with Gasteiger partial charge in [0.2, 0.25) is 0 Å². The Morgan fingerprint density at radius 1 is 1.15 bits per heavy atom. The van der Waals surface area contributed by atoms with Crippen molar-refractivity contribution in [1.82, 2.24) is 0 Å². The van der Waals surface area contributed by atoms with Gasteiger partial charge < -0.3 is 19.1 Å². The summed E-state index contributed by atoms with van der Waals surface area (Å²) in [6.45, 7) is 2.50. The summed E-state index contributed by atoms with van der Waals surface area (Å²) in [5, 5.41) is 0. The highest BCUT2D eigenvalue weighted by Crippen LogP contribution is 2.36. The molecule has 178 valence electrons. The number of carbonyl (C=O) groups excluding carboxylic acids is 1. The van der Waals surface area contributed by atoms with Crippen molar-refractivity contribution in [2.45, 2.75) is 57.3 Å². The van der Waals surface area contributed by atoms with Crippen LogP contribution < -0.4 is 9.64 Å². The van der Waals surface area contributed by atoms with Gasteiger partial charge in [-0.2, -0.15) is 0 Å². The van der Waals surface area contributed by atoms with Gasteiger partial charge in [0.05, 0.1) is 18.2 Å². The Kier molecular flexibility index (Phi) is 7.12. The monoisotopic (exact) mass is 463 g/mol. The van der Waals surface area contributed by atoms with E-state index in [4.69, 9.17) is 14.2 Å². The molecule has 2 aromatic carbocycles. The predicted octanol–water partition coefficient (Wildman–Crippen LogP) is 4.90. The van der Waals surface area contributed by atoms with E-state index >= 15 is 0 Å². The Bertz CT molecular complexity index is 960. The molecule has 2 fully saturated rings. The Balaban J connectivity index is 1.47. The highest BCUT2D eigenvalue weighted by Gasteiger charge is 2.38. The third kappa shape index (κ3) is 6.19. The van der Waals surface area contributed by atoms with Crippen LogP contribution in [0.2, 0.25) is 0 Å². The first kappa shape index (κ1) is 23.4. The molecule has 0 radical (unpaired) electrons. The molecule has 5 nitrogen and oxygen atoms in total. The number of hydrogen-bond donors (Lipinski definition) is 0. The summed E-state index contributed by atoms with van der Waals surface area (Å²) in [6.07, 6.45) is 0.126. The summed E-state index contributed by atoms with van der Waals surface area (Å²) >= 11 is 0. The van der Waals surface area contributed by atoms with Crippen molar-refractivity contribution in [3.63, 3.8) is 0 Å². The molecule has 0 bridgehead atoms. The normalized spacial score (nSPS) is 21.5.